The van der Waals surface area contributed by atoms with E-state index in [4.69, 9.17) is 11.6 Å². The number of carbonyl (C=O) groups is 2. The van der Waals surface area contributed by atoms with Gasteiger partial charge in [-0.3, -0.25) is 9.59 Å². The maximum Gasteiger partial charge on any atom is 0.255 e. The van der Waals surface area contributed by atoms with E-state index in [0.29, 0.717) is 30.1 Å². The van der Waals surface area contributed by atoms with Crippen molar-refractivity contribution in [1.82, 2.24) is 10.2 Å². The molecule has 152 valence electrons. The van der Waals surface area contributed by atoms with Crippen molar-refractivity contribution in [3.8, 4) is 0 Å². The normalized spacial score (nSPS) is 18.1. The molecule has 0 fully saturated rings. The molecule has 0 bridgehead atoms. The molecule has 0 aromatic heterocycles. The van der Waals surface area contributed by atoms with E-state index in [0.717, 1.165) is 16.7 Å². The molecule has 5 heteroatoms. The fraction of sp³-hybridized carbons (Fsp3) is 0.200. The molecule has 2 amide bonds. The van der Waals surface area contributed by atoms with Crippen LogP contribution in [0.1, 0.15) is 34.0 Å². The van der Waals surface area contributed by atoms with Gasteiger partial charge in [-0.05, 0) is 41.8 Å². The van der Waals surface area contributed by atoms with Crippen molar-refractivity contribution in [2.45, 2.75) is 32.0 Å². The number of hydrogen-bond donors (Lipinski definition) is 1. The molecule has 1 atom stereocenters. The van der Waals surface area contributed by atoms with Gasteiger partial charge in [-0.15, -0.1) is 0 Å². The zero-order chi connectivity index (χ0) is 21.1. The van der Waals surface area contributed by atoms with E-state index in [1.807, 2.05) is 79.7 Å². The summed E-state index contributed by atoms with van der Waals surface area (Å²) in [6.45, 7) is 2.56. The van der Waals surface area contributed by atoms with Crippen LogP contribution in [0.2, 0.25) is 5.02 Å². The van der Waals surface area contributed by atoms with Crippen LogP contribution in [-0.4, -0.2) is 22.3 Å². The van der Waals surface area contributed by atoms with Crippen molar-refractivity contribution < 1.29 is 9.59 Å². The van der Waals surface area contributed by atoms with Crippen molar-refractivity contribution in [1.29, 1.82) is 0 Å². The Hall–Kier alpha value is -3.11. The Morgan fingerprint density at radius 3 is 2.47 bits per heavy atom. The molecule has 4 rings (SSSR count). The Labute approximate surface area is 181 Å². The van der Waals surface area contributed by atoms with Gasteiger partial charge in [0.2, 0.25) is 5.91 Å². The first-order valence-electron chi connectivity index (χ1n) is 9.94. The van der Waals surface area contributed by atoms with E-state index in [9.17, 15) is 9.59 Å². The van der Waals surface area contributed by atoms with E-state index in [1.165, 1.54) is 0 Å². The summed E-state index contributed by atoms with van der Waals surface area (Å²) in [6.07, 6.45) is 0.454. The molecule has 1 heterocycles. The predicted molar refractivity (Wildman–Crippen MR) is 118 cm³/mol. The van der Waals surface area contributed by atoms with Gasteiger partial charge in [0.25, 0.3) is 5.91 Å². The number of amides is 2. The highest BCUT2D eigenvalue weighted by atomic mass is 35.5. The van der Waals surface area contributed by atoms with Crippen molar-refractivity contribution >= 4 is 23.4 Å². The molecule has 1 N–H and O–H groups in total. The zero-order valence-corrected chi connectivity index (χ0v) is 17.5. The van der Waals surface area contributed by atoms with Gasteiger partial charge in [-0.25, -0.2) is 0 Å². The van der Waals surface area contributed by atoms with Crippen LogP contribution in [0.15, 0.2) is 78.9 Å². The van der Waals surface area contributed by atoms with Gasteiger partial charge in [0.15, 0.2) is 0 Å². The fourth-order valence-electron chi connectivity index (χ4n) is 3.95. The van der Waals surface area contributed by atoms with Crippen LogP contribution in [-0.2, 0) is 24.3 Å². The molecule has 0 spiro atoms. The Kier molecular flexibility index (Phi) is 5.60. The number of nitrogens with zero attached hydrogens (tertiary/aromatic N) is 1. The molecule has 0 unspecified atom stereocenters. The number of rotatable bonds is 5. The second-order valence-electron chi connectivity index (χ2n) is 7.80. The summed E-state index contributed by atoms with van der Waals surface area (Å²) in [5.41, 5.74) is 2.42. The van der Waals surface area contributed by atoms with Gasteiger partial charge >= 0.3 is 0 Å². The average Bonchev–Trinajstić information content (AvgIpc) is 2.76. The van der Waals surface area contributed by atoms with Crippen LogP contribution in [0.5, 0.6) is 0 Å². The van der Waals surface area contributed by atoms with E-state index >= 15 is 0 Å². The standard InChI is InChI=1S/C25H23ClN2O2/c1-25(24(30)27-16-18-8-3-2-4-9-18)15-20-11-5-6-13-22(20)23(29)28(25)17-19-10-7-12-21(26)14-19/h2-14H,15-17H2,1H3,(H,27,30)/t25-/m1/s1. The minimum atomic E-state index is -1.01. The summed E-state index contributed by atoms with van der Waals surface area (Å²) in [6, 6.07) is 24.7. The summed E-state index contributed by atoms with van der Waals surface area (Å²) in [7, 11) is 0. The van der Waals surface area contributed by atoms with E-state index < -0.39 is 5.54 Å². The molecule has 1 aliphatic rings. The monoisotopic (exact) mass is 418 g/mol. The highest BCUT2D eigenvalue weighted by Gasteiger charge is 2.46. The number of nitrogens with one attached hydrogen (secondary N) is 1. The fourth-order valence-corrected chi connectivity index (χ4v) is 4.17. The molecule has 30 heavy (non-hydrogen) atoms. The minimum Gasteiger partial charge on any atom is -0.350 e. The van der Waals surface area contributed by atoms with Gasteiger partial charge in [0.05, 0.1) is 0 Å². The lowest BCUT2D eigenvalue weighted by molar-refractivity contribution is -0.132. The van der Waals surface area contributed by atoms with Gasteiger partial charge in [-0.2, -0.15) is 0 Å². The Morgan fingerprint density at radius 1 is 1.00 bits per heavy atom. The smallest absolute Gasteiger partial charge is 0.255 e. The molecule has 0 saturated heterocycles. The Bertz CT molecular complexity index is 1080. The predicted octanol–water partition coefficient (Wildman–Crippen LogP) is 4.61. The number of fused-ring (bicyclic) bond motifs is 1. The lowest BCUT2D eigenvalue weighted by atomic mass is 9.82. The molecule has 3 aromatic carbocycles. The van der Waals surface area contributed by atoms with Crippen LogP contribution in [0.3, 0.4) is 0 Å². The first kappa shape index (κ1) is 20.2. The van der Waals surface area contributed by atoms with Crippen LogP contribution in [0.4, 0.5) is 0 Å². The second-order valence-corrected chi connectivity index (χ2v) is 8.23. The average molecular weight is 419 g/mol. The summed E-state index contributed by atoms with van der Waals surface area (Å²) in [4.78, 5) is 28.5. The molecule has 3 aromatic rings. The van der Waals surface area contributed by atoms with Gasteiger partial charge < -0.3 is 10.2 Å². The topological polar surface area (TPSA) is 49.4 Å². The summed E-state index contributed by atoms with van der Waals surface area (Å²) >= 11 is 6.15. The highest BCUT2D eigenvalue weighted by Crippen LogP contribution is 2.33. The maximum absolute atomic E-state index is 13.4. The van der Waals surface area contributed by atoms with Crippen molar-refractivity contribution in [3.63, 3.8) is 0 Å². The third-order valence-electron chi connectivity index (χ3n) is 5.64. The van der Waals surface area contributed by atoms with Gasteiger partial charge in [-0.1, -0.05) is 72.3 Å². The van der Waals surface area contributed by atoms with E-state index in [1.54, 1.807) is 11.0 Å². The van der Waals surface area contributed by atoms with Crippen LogP contribution >= 0.6 is 11.6 Å². The quantitative estimate of drug-likeness (QED) is 0.657. The zero-order valence-electron chi connectivity index (χ0n) is 16.8. The van der Waals surface area contributed by atoms with Crippen molar-refractivity contribution in [3.05, 3.63) is 106 Å². The van der Waals surface area contributed by atoms with Crippen molar-refractivity contribution in [2.75, 3.05) is 0 Å². The van der Waals surface area contributed by atoms with Crippen LogP contribution in [0, 0.1) is 0 Å². The number of halogens is 1. The summed E-state index contributed by atoms with van der Waals surface area (Å²) < 4.78 is 0. The first-order chi connectivity index (χ1) is 14.5. The van der Waals surface area contributed by atoms with Crippen LogP contribution in [0.25, 0.3) is 0 Å². The number of carbonyl (C=O) groups excluding carboxylic acids is 2. The summed E-state index contributed by atoms with van der Waals surface area (Å²) in [5.74, 6) is -0.314. The molecule has 4 nitrogen and oxygen atoms in total. The number of benzene rings is 3. The molecule has 1 aliphatic heterocycles. The molecular weight excluding hydrogens is 396 g/mol. The number of hydrogen-bond acceptors (Lipinski definition) is 2. The highest BCUT2D eigenvalue weighted by molar-refractivity contribution is 6.30. The van der Waals surface area contributed by atoms with E-state index in [-0.39, 0.29) is 11.8 Å². The van der Waals surface area contributed by atoms with Gasteiger partial charge in [0, 0.05) is 30.1 Å². The molecule has 0 saturated carbocycles. The molecule has 0 aliphatic carbocycles. The molecule has 0 radical (unpaired) electrons. The summed E-state index contributed by atoms with van der Waals surface area (Å²) in [5, 5.41) is 3.63. The Balaban J connectivity index is 1.66. The SMILES string of the molecule is C[C@]1(C(=O)NCc2ccccc2)Cc2ccccc2C(=O)N1Cc1cccc(Cl)c1. The maximum atomic E-state index is 13.4. The third-order valence-corrected chi connectivity index (χ3v) is 5.87. The van der Waals surface area contributed by atoms with Gasteiger partial charge in [0.1, 0.15) is 5.54 Å². The Morgan fingerprint density at radius 2 is 1.70 bits per heavy atom. The first-order valence-corrected chi connectivity index (χ1v) is 10.3. The lowest BCUT2D eigenvalue weighted by Crippen LogP contribution is -2.62. The van der Waals surface area contributed by atoms with E-state index in [2.05, 4.69) is 5.32 Å². The molecular formula is C25H23ClN2O2. The third kappa shape index (κ3) is 3.96. The largest absolute Gasteiger partial charge is 0.350 e. The lowest BCUT2D eigenvalue weighted by Gasteiger charge is -2.44. The van der Waals surface area contributed by atoms with Crippen molar-refractivity contribution in [2.24, 2.45) is 0 Å². The minimum absolute atomic E-state index is 0.144. The van der Waals surface area contributed by atoms with Crippen LogP contribution < -0.4 is 5.32 Å². The second kappa shape index (κ2) is 8.33.